The van der Waals surface area contributed by atoms with E-state index in [0.717, 1.165) is 55.6 Å². The molecule has 0 aliphatic carbocycles. The number of fused-ring (bicyclic) bond motifs is 4. The van der Waals surface area contributed by atoms with Crippen LogP contribution in [0.1, 0.15) is 26.3 Å². The summed E-state index contributed by atoms with van der Waals surface area (Å²) in [5, 5.41) is 16.2. The van der Waals surface area contributed by atoms with Gasteiger partial charge in [0, 0.05) is 43.6 Å². The Labute approximate surface area is 288 Å². The van der Waals surface area contributed by atoms with E-state index < -0.39 is 0 Å². The smallest absolute Gasteiger partial charge is 0.144 e. The Hall–Kier alpha value is -5.05. The van der Waals surface area contributed by atoms with Crippen LogP contribution < -0.4 is 0 Å². The van der Waals surface area contributed by atoms with Crippen LogP contribution in [-0.2, 0) is 26.5 Å². The van der Waals surface area contributed by atoms with Crippen LogP contribution in [0.3, 0.4) is 0 Å². The maximum Gasteiger partial charge on any atom is 0.144 e. The zero-order chi connectivity index (χ0) is 31.4. The summed E-state index contributed by atoms with van der Waals surface area (Å²) in [5.74, 6) is 0.262. The van der Waals surface area contributed by atoms with E-state index in [2.05, 4.69) is 122 Å². The van der Waals surface area contributed by atoms with Crippen LogP contribution in [0.25, 0.3) is 72.0 Å². The molecule has 8 rings (SSSR count). The standard InChI is InChI=1S/C42H32N3O.Pt/c1-42(2,3)36-18-9-16-35(40(36)46)38-26-31(29-21-20-27-11-4-5-12-28(27)23-29)25-37(44-38)30-13-8-14-32(24-30)45-39-19-7-6-15-33(39)34-17-10-22-43-41(34)45;/h4-23,25-26,46H,1-3H3;/q-1;. The molecule has 0 unspecified atom stereocenters. The second-order valence-corrected chi connectivity index (χ2v) is 12.8. The van der Waals surface area contributed by atoms with Crippen molar-refractivity contribution in [3.8, 4) is 45.1 Å². The number of benzene rings is 5. The molecule has 3 heterocycles. The molecule has 3 aromatic heterocycles. The minimum absolute atomic E-state index is 0. The average molecular weight is 790 g/mol. The molecule has 0 amide bonds. The van der Waals surface area contributed by atoms with Gasteiger partial charge in [-0.3, -0.25) is 4.98 Å². The first-order chi connectivity index (χ1) is 22.3. The van der Waals surface area contributed by atoms with Gasteiger partial charge in [0.2, 0.25) is 0 Å². The summed E-state index contributed by atoms with van der Waals surface area (Å²) < 4.78 is 2.17. The fourth-order valence-electron chi connectivity index (χ4n) is 6.47. The number of rotatable bonds is 4. The molecular weight excluding hydrogens is 758 g/mol. The van der Waals surface area contributed by atoms with Gasteiger partial charge in [0.1, 0.15) is 11.4 Å². The Bertz CT molecular complexity index is 2380. The van der Waals surface area contributed by atoms with Crippen molar-refractivity contribution < 1.29 is 26.2 Å². The Morgan fingerprint density at radius 3 is 2.26 bits per heavy atom. The summed E-state index contributed by atoms with van der Waals surface area (Å²) in [6, 6.07) is 47.4. The molecule has 47 heavy (non-hydrogen) atoms. The van der Waals surface area contributed by atoms with Gasteiger partial charge in [-0.15, -0.1) is 29.8 Å². The van der Waals surface area contributed by atoms with Crippen LogP contribution in [-0.4, -0.2) is 19.6 Å². The van der Waals surface area contributed by atoms with Crippen molar-refractivity contribution in [1.29, 1.82) is 0 Å². The van der Waals surface area contributed by atoms with Gasteiger partial charge in [-0.2, -0.15) is 0 Å². The van der Waals surface area contributed by atoms with Crippen LogP contribution in [0.2, 0.25) is 0 Å². The second-order valence-electron chi connectivity index (χ2n) is 12.8. The molecule has 0 bridgehead atoms. The van der Waals surface area contributed by atoms with Crippen molar-refractivity contribution in [3.63, 3.8) is 0 Å². The average Bonchev–Trinajstić information content (AvgIpc) is 3.42. The number of hydrogen-bond acceptors (Lipinski definition) is 3. The molecular formula is C42H32N3OPt-. The fourth-order valence-corrected chi connectivity index (χ4v) is 6.47. The van der Waals surface area contributed by atoms with Gasteiger partial charge in [-0.1, -0.05) is 93.6 Å². The molecule has 0 aliphatic heterocycles. The maximum atomic E-state index is 11.6. The summed E-state index contributed by atoms with van der Waals surface area (Å²) in [5.41, 5.74) is 8.66. The van der Waals surface area contributed by atoms with Crippen molar-refractivity contribution >= 4 is 32.7 Å². The first-order valence-corrected chi connectivity index (χ1v) is 15.6. The predicted molar refractivity (Wildman–Crippen MR) is 189 cm³/mol. The quantitative estimate of drug-likeness (QED) is 0.181. The molecule has 4 nitrogen and oxygen atoms in total. The van der Waals surface area contributed by atoms with Crippen LogP contribution >= 0.6 is 0 Å². The number of phenolic OH excluding ortho intramolecular Hbond substituents is 1. The summed E-state index contributed by atoms with van der Waals surface area (Å²) in [6.45, 7) is 6.33. The molecule has 0 saturated heterocycles. The normalized spacial score (nSPS) is 11.6. The first kappa shape index (κ1) is 30.6. The largest absolute Gasteiger partial charge is 0.507 e. The van der Waals surface area contributed by atoms with Crippen molar-refractivity contribution in [2.24, 2.45) is 0 Å². The third kappa shape index (κ3) is 5.43. The number of para-hydroxylation sites is 2. The molecule has 1 N–H and O–H groups in total. The molecule has 0 spiro atoms. The van der Waals surface area contributed by atoms with Crippen LogP contribution in [0.5, 0.6) is 5.75 Å². The second kappa shape index (κ2) is 12.0. The molecule has 0 fully saturated rings. The Morgan fingerprint density at radius 2 is 1.40 bits per heavy atom. The summed E-state index contributed by atoms with van der Waals surface area (Å²) in [7, 11) is 0. The Morgan fingerprint density at radius 1 is 0.660 bits per heavy atom. The van der Waals surface area contributed by atoms with E-state index >= 15 is 0 Å². The van der Waals surface area contributed by atoms with Crippen LogP contribution in [0, 0.1) is 6.07 Å². The van der Waals surface area contributed by atoms with Gasteiger partial charge < -0.3 is 9.67 Å². The first-order valence-electron chi connectivity index (χ1n) is 15.6. The Balaban J connectivity index is 0.00000351. The van der Waals surface area contributed by atoms with Crippen molar-refractivity contribution in [2.75, 3.05) is 0 Å². The van der Waals surface area contributed by atoms with Crippen molar-refractivity contribution in [2.45, 2.75) is 26.2 Å². The maximum absolute atomic E-state index is 11.6. The van der Waals surface area contributed by atoms with Gasteiger partial charge in [-0.05, 0) is 80.7 Å². The monoisotopic (exact) mass is 789 g/mol. The van der Waals surface area contributed by atoms with Crippen LogP contribution in [0.15, 0.2) is 134 Å². The number of aromatic hydroxyl groups is 1. The number of hydrogen-bond donors (Lipinski definition) is 1. The van der Waals surface area contributed by atoms with Crippen molar-refractivity contribution in [3.05, 3.63) is 145 Å². The van der Waals surface area contributed by atoms with E-state index in [-0.39, 0.29) is 32.2 Å². The van der Waals surface area contributed by atoms with Gasteiger partial charge in [-0.25, -0.2) is 4.98 Å². The van der Waals surface area contributed by atoms with E-state index in [9.17, 15) is 5.11 Å². The molecule has 8 aromatic rings. The minimum atomic E-state index is -0.225. The summed E-state index contributed by atoms with van der Waals surface area (Å²) >= 11 is 0. The molecule has 0 radical (unpaired) electrons. The van der Waals surface area contributed by atoms with Gasteiger partial charge in [0.15, 0.2) is 0 Å². The molecule has 0 atom stereocenters. The molecule has 232 valence electrons. The SMILES string of the molecule is CC(C)(C)c1cccc(-c2cc(-c3ccc4ccccc4c3)cc(-c3[c-]c(-n4c5ccccc5c5cccnc54)ccc3)n2)c1O.[Pt]. The number of aromatic nitrogens is 3. The van der Waals surface area contributed by atoms with Gasteiger partial charge >= 0.3 is 0 Å². The fraction of sp³-hybridized carbons (Fsp3) is 0.0952. The van der Waals surface area contributed by atoms with E-state index in [1.807, 2.05) is 42.6 Å². The van der Waals surface area contributed by atoms with Gasteiger partial charge in [0.25, 0.3) is 0 Å². The predicted octanol–water partition coefficient (Wildman–Crippen LogP) is 10.5. The zero-order valence-electron chi connectivity index (χ0n) is 26.3. The summed E-state index contributed by atoms with van der Waals surface area (Å²) in [4.78, 5) is 9.94. The molecule has 0 saturated carbocycles. The number of pyridine rings is 2. The van der Waals surface area contributed by atoms with E-state index in [1.54, 1.807) is 0 Å². The Kier molecular flexibility index (Phi) is 7.78. The number of nitrogens with zero attached hydrogens (tertiary/aromatic N) is 3. The van der Waals surface area contributed by atoms with Gasteiger partial charge in [0.05, 0.1) is 11.2 Å². The van der Waals surface area contributed by atoms with E-state index in [4.69, 9.17) is 9.97 Å². The molecule has 5 heteroatoms. The topological polar surface area (TPSA) is 50.9 Å². The van der Waals surface area contributed by atoms with E-state index in [0.29, 0.717) is 11.3 Å². The van der Waals surface area contributed by atoms with Crippen molar-refractivity contribution in [1.82, 2.24) is 14.5 Å². The summed E-state index contributed by atoms with van der Waals surface area (Å²) in [6.07, 6.45) is 1.83. The van der Waals surface area contributed by atoms with Crippen LogP contribution in [0.4, 0.5) is 0 Å². The third-order valence-electron chi connectivity index (χ3n) is 8.76. The third-order valence-corrected chi connectivity index (χ3v) is 8.76. The molecule has 5 aromatic carbocycles. The zero-order valence-corrected chi connectivity index (χ0v) is 28.6. The minimum Gasteiger partial charge on any atom is -0.507 e. The number of phenols is 1. The molecule has 0 aliphatic rings. The van der Waals surface area contributed by atoms with E-state index in [1.165, 1.54) is 10.8 Å².